The third-order valence-corrected chi connectivity index (χ3v) is 4.07. The Balaban J connectivity index is 2.17. The average molecular weight is 253 g/mol. The normalized spacial score (nSPS) is 19.6. The molecule has 1 heterocycles. The predicted octanol–water partition coefficient (Wildman–Crippen LogP) is 3.20. The van der Waals surface area contributed by atoms with Crippen molar-refractivity contribution >= 4 is 17.7 Å². The molecule has 1 aliphatic heterocycles. The highest BCUT2D eigenvalue weighted by Crippen LogP contribution is 2.38. The molecule has 4 heteroatoms. The molecule has 2 rings (SSSR count). The second-order valence-electron chi connectivity index (χ2n) is 4.12. The topological polar surface area (TPSA) is 20.3 Å². The summed E-state index contributed by atoms with van der Waals surface area (Å²) in [6.45, 7) is 2.77. The fourth-order valence-corrected chi connectivity index (χ4v) is 3.29. The van der Waals surface area contributed by atoms with Crippen molar-refractivity contribution in [2.45, 2.75) is 25.1 Å². The van der Waals surface area contributed by atoms with E-state index in [1.807, 2.05) is 17.9 Å². The number of amides is 1. The summed E-state index contributed by atoms with van der Waals surface area (Å²) in [7, 11) is 0. The number of benzene rings is 1. The molecular formula is C13H16FNOS. The fraction of sp³-hybridized carbons (Fsp3) is 0.462. The van der Waals surface area contributed by atoms with Gasteiger partial charge < -0.3 is 4.90 Å². The van der Waals surface area contributed by atoms with E-state index in [4.69, 9.17) is 0 Å². The van der Waals surface area contributed by atoms with Crippen molar-refractivity contribution in [1.82, 2.24) is 4.90 Å². The van der Waals surface area contributed by atoms with Crippen molar-refractivity contribution in [3.05, 3.63) is 35.6 Å². The molecule has 0 radical (unpaired) electrons. The molecule has 0 saturated carbocycles. The highest BCUT2D eigenvalue weighted by atomic mass is 32.2. The van der Waals surface area contributed by atoms with E-state index in [0.717, 1.165) is 24.3 Å². The minimum atomic E-state index is -0.238. The lowest BCUT2D eigenvalue weighted by Gasteiger charge is -2.24. The average Bonchev–Trinajstić information content (AvgIpc) is 2.78. The Morgan fingerprint density at radius 1 is 1.59 bits per heavy atom. The number of hydrogen-bond acceptors (Lipinski definition) is 2. The number of halogens is 1. The molecule has 2 nitrogen and oxygen atoms in total. The van der Waals surface area contributed by atoms with Crippen LogP contribution >= 0.6 is 11.8 Å². The molecule has 0 unspecified atom stereocenters. The molecule has 1 aromatic carbocycles. The Hall–Kier alpha value is -1.03. The lowest BCUT2D eigenvalue weighted by molar-refractivity contribution is -0.131. The standard InChI is InChI=1S/C13H16FNOS/c1-2-4-12(16)15-7-8-17-13(15)10-5-3-6-11(14)9-10/h3,5-6,9,13H,2,4,7-8H2,1H3/t13-/m1/s1. The monoisotopic (exact) mass is 253 g/mol. The van der Waals surface area contributed by atoms with E-state index in [2.05, 4.69) is 0 Å². The van der Waals surface area contributed by atoms with Gasteiger partial charge in [-0.25, -0.2) is 4.39 Å². The maximum atomic E-state index is 13.2. The van der Waals surface area contributed by atoms with Crippen LogP contribution in [0.3, 0.4) is 0 Å². The zero-order chi connectivity index (χ0) is 12.3. The van der Waals surface area contributed by atoms with Gasteiger partial charge in [-0.2, -0.15) is 0 Å². The van der Waals surface area contributed by atoms with Gasteiger partial charge in [-0.3, -0.25) is 4.79 Å². The molecule has 1 saturated heterocycles. The molecule has 0 spiro atoms. The number of carbonyl (C=O) groups excluding carboxylic acids is 1. The molecule has 1 amide bonds. The smallest absolute Gasteiger partial charge is 0.223 e. The quantitative estimate of drug-likeness (QED) is 0.824. The van der Waals surface area contributed by atoms with Crippen LogP contribution in [0.15, 0.2) is 24.3 Å². The number of nitrogens with zero attached hydrogens (tertiary/aromatic N) is 1. The van der Waals surface area contributed by atoms with Gasteiger partial charge in [0.2, 0.25) is 5.91 Å². The van der Waals surface area contributed by atoms with Gasteiger partial charge >= 0.3 is 0 Å². The number of rotatable bonds is 3. The van der Waals surface area contributed by atoms with Crippen molar-refractivity contribution in [2.75, 3.05) is 12.3 Å². The molecule has 0 aliphatic carbocycles. The van der Waals surface area contributed by atoms with Crippen molar-refractivity contribution in [3.8, 4) is 0 Å². The maximum absolute atomic E-state index is 13.2. The van der Waals surface area contributed by atoms with Crippen LogP contribution in [-0.4, -0.2) is 23.1 Å². The molecule has 92 valence electrons. The van der Waals surface area contributed by atoms with Crippen molar-refractivity contribution in [1.29, 1.82) is 0 Å². The third kappa shape index (κ3) is 2.80. The summed E-state index contributed by atoms with van der Waals surface area (Å²) in [5.74, 6) is 0.862. The summed E-state index contributed by atoms with van der Waals surface area (Å²) >= 11 is 1.70. The molecule has 1 fully saturated rings. The van der Waals surface area contributed by atoms with Gasteiger partial charge in [0.1, 0.15) is 11.2 Å². The number of thioether (sulfide) groups is 1. The van der Waals surface area contributed by atoms with Gasteiger partial charge in [-0.1, -0.05) is 19.1 Å². The molecular weight excluding hydrogens is 237 g/mol. The molecule has 1 aliphatic rings. The molecule has 0 aromatic heterocycles. The van der Waals surface area contributed by atoms with Crippen molar-refractivity contribution in [2.24, 2.45) is 0 Å². The second-order valence-corrected chi connectivity index (χ2v) is 5.30. The highest BCUT2D eigenvalue weighted by Gasteiger charge is 2.29. The Morgan fingerprint density at radius 3 is 3.12 bits per heavy atom. The summed E-state index contributed by atoms with van der Waals surface area (Å²) in [5, 5.41) is -0.00949. The van der Waals surface area contributed by atoms with Gasteiger partial charge in [0.15, 0.2) is 0 Å². The van der Waals surface area contributed by atoms with Crippen molar-refractivity contribution < 1.29 is 9.18 Å². The van der Waals surface area contributed by atoms with E-state index >= 15 is 0 Å². The zero-order valence-electron chi connectivity index (χ0n) is 9.86. The van der Waals surface area contributed by atoms with E-state index in [-0.39, 0.29) is 17.1 Å². The van der Waals surface area contributed by atoms with Crippen LogP contribution in [-0.2, 0) is 4.79 Å². The van der Waals surface area contributed by atoms with Crippen LogP contribution in [0.2, 0.25) is 0 Å². The lowest BCUT2D eigenvalue weighted by atomic mass is 10.2. The first kappa shape index (κ1) is 12.4. The maximum Gasteiger partial charge on any atom is 0.223 e. The first-order valence-electron chi connectivity index (χ1n) is 5.89. The highest BCUT2D eigenvalue weighted by molar-refractivity contribution is 7.99. The molecule has 1 atom stereocenters. The molecule has 0 N–H and O–H groups in total. The van der Waals surface area contributed by atoms with Gasteiger partial charge in [0.05, 0.1) is 0 Å². The predicted molar refractivity (Wildman–Crippen MR) is 68.2 cm³/mol. The van der Waals surface area contributed by atoms with Gasteiger partial charge in [0, 0.05) is 18.7 Å². The van der Waals surface area contributed by atoms with Crippen LogP contribution in [0.1, 0.15) is 30.7 Å². The van der Waals surface area contributed by atoms with Crippen molar-refractivity contribution in [3.63, 3.8) is 0 Å². The van der Waals surface area contributed by atoms with Crippen LogP contribution in [0.25, 0.3) is 0 Å². The van der Waals surface area contributed by atoms with Crippen LogP contribution in [0.4, 0.5) is 4.39 Å². The third-order valence-electron chi connectivity index (χ3n) is 2.81. The Morgan fingerprint density at radius 2 is 2.41 bits per heavy atom. The minimum Gasteiger partial charge on any atom is -0.326 e. The first-order valence-corrected chi connectivity index (χ1v) is 6.93. The van der Waals surface area contributed by atoms with Crippen LogP contribution in [0.5, 0.6) is 0 Å². The molecule has 1 aromatic rings. The van der Waals surface area contributed by atoms with E-state index in [1.165, 1.54) is 12.1 Å². The molecule has 17 heavy (non-hydrogen) atoms. The van der Waals surface area contributed by atoms with Gasteiger partial charge in [-0.15, -0.1) is 11.8 Å². The lowest BCUT2D eigenvalue weighted by Crippen LogP contribution is -2.30. The summed E-state index contributed by atoms with van der Waals surface area (Å²) < 4.78 is 13.2. The largest absolute Gasteiger partial charge is 0.326 e. The van der Waals surface area contributed by atoms with E-state index in [0.29, 0.717) is 6.42 Å². The number of carbonyl (C=O) groups is 1. The zero-order valence-corrected chi connectivity index (χ0v) is 10.7. The van der Waals surface area contributed by atoms with E-state index < -0.39 is 0 Å². The summed E-state index contributed by atoms with van der Waals surface area (Å²) in [6, 6.07) is 6.54. The Bertz CT molecular complexity index is 410. The summed E-state index contributed by atoms with van der Waals surface area (Å²) in [6.07, 6.45) is 1.43. The second kappa shape index (κ2) is 5.54. The fourth-order valence-electron chi connectivity index (χ4n) is 2.02. The Kier molecular flexibility index (Phi) is 4.05. The molecule has 0 bridgehead atoms. The summed E-state index contributed by atoms with van der Waals surface area (Å²) in [4.78, 5) is 13.8. The first-order chi connectivity index (χ1) is 8.22. The summed E-state index contributed by atoms with van der Waals surface area (Å²) in [5.41, 5.74) is 0.886. The minimum absolute atomic E-state index is 0.00949. The van der Waals surface area contributed by atoms with Crippen LogP contribution < -0.4 is 0 Å². The van der Waals surface area contributed by atoms with Crippen LogP contribution in [0, 0.1) is 5.82 Å². The van der Waals surface area contributed by atoms with Gasteiger partial charge in [-0.05, 0) is 24.1 Å². The van der Waals surface area contributed by atoms with E-state index in [1.54, 1.807) is 17.8 Å². The Labute approximate surface area is 105 Å². The van der Waals surface area contributed by atoms with Gasteiger partial charge in [0.25, 0.3) is 0 Å². The number of hydrogen-bond donors (Lipinski definition) is 0. The van der Waals surface area contributed by atoms with E-state index in [9.17, 15) is 9.18 Å². The SMILES string of the molecule is CCCC(=O)N1CCS[C@@H]1c1cccc(F)c1.